The molecule has 0 amide bonds. The number of benzene rings is 3. The zero-order valence-corrected chi connectivity index (χ0v) is 42.4. The molecule has 1 unspecified atom stereocenters. The van der Waals surface area contributed by atoms with Crippen LogP contribution in [0, 0.1) is 5.41 Å². The average molecular weight is 1070 g/mol. The Balaban J connectivity index is 0.00000913. The summed E-state index contributed by atoms with van der Waals surface area (Å²) in [5, 5.41) is 9.79. The van der Waals surface area contributed by atoms with E-state index < -0.39 is 78.9 Å². The molecule has 0 saturated heterocycles. The molecule has 0 aromatic heterocycles. The Hall–Kier alpha value is -3.71. The van der Waals surface area contributed by atoms with E-state index in [2.05, 4.69) is 0 Å². The van der Waals surface area contributed by atoms with Gasteiger partial charge >= 0.3 is 35.5 Å². The third-order valence-corrected chi connectivity index (χ3v) is 16.2. The second-order valence-electron chi connectivity index (χ2n) is 18.4. The number of fused-ring (bicyclic) bond motifs is 4. The maximum atomic E-state index is 12.7. The van der Waals surface area contributed by atoms with E-state index in [1.54, 1.807) is 12.3 Å². The van der Waals surface area contributed by atoms with Gasteiger partial charge in [-0.15, -0.1) is 0 Å². The van der Waals surface area contributed by atoms with Gasteiger partial charge in [0.25, 0.3) is 40.5 Å². The van der Waals surface area contributed by atoms with Gasteiger partial charge in [-0.2, -0.15) is 33.7 Å². The molecule has 17 nitrogen and oxygen atoms in total. The Bertz CT molecular complexity index is 3200. The zero-order valence-electron chi connectivity index (χ0n) is 38.4. The number of aliphatic imine (C=N–C) groups is 1. The molecule has 0 saturated carbocycles. The number of aliphatic carboxylic acids is 1. The van der Waals surface area contributed by atoms with E-state index in [0.29, 0.717) is 71.7 Å². The molecule has 23 heteroatoms. The first-order valence-electron chi connectivity index (χ1n) is 22.1. The molecule has 0 radical (unpaired) electrons. The van der Waals surface area contributed by atoms with E-state index >= 15 is 0 Å². The molecular weight excluding hydrogens is 1020 g/mol. The van der Waals surface area contributed by atoms with Crippen LogP contribution in [0.2, 0.25) is 0 Å². The molecule has 1 atom stereocenters. The number of anilines is 1. The molecule has 3 aliphatic heterocycles. The van der Waals surface area contributed by atoms with Crippen molar-refractivity contribution in [2.24, 2.45) is 10.4 Å². The van der Waals surface area contributed by atoms with Crippen LogP contribution >= 0.6 is 11.6 Å². The molecule has 3 aromatic rings. The van der Waals surface area contributed by atoms with E-state index in [0.717, 1.165) is 22.8 Å². The monoisotopic (exact) mass is 1070 g/mol. The van der Waals surface area contributed by atoms with Crippen molar-refractivity contribution in [1.82, 2.24) is 4.90 Å². The van der Waals surface area contributed by atoms with Gasteiger partial charge in [0, 0.05) is 53.2 Å². The van der Waals surface area contributed by atoms with Crippen molar-refractivity contribution in [3.63, 3.8) is 0 Å². The Morgan fingerprint density at radius 1 is 0.800 bits per heavy atom. The Labute approximate surface area is 437 Å². The first-order chi connectivity index (χ1) is 32.0. The number of aryl methyl sites for hydroxylation is 1. The molecular formula is C47H57ClN3NaO14S4. The maximum absolute atomic E-state index is 12.7. The summed E-state index contributed by atoms with van der Waals surface area (Å²) in [7, 11) is -18.4. The van der Waals surface area contributed by atoms with Crippen molar-refractivity contribution < 1.29 is 61.8 Å². The molecule has 6 rings (SSSR count). The third kappa shape index (κ3) is 13.9. The van der Waals surface area contributed by atoms with E-state index in [9.17, 15) is 61.8 Å². The van der Waals surface area contributed by atoms with Crippen LogP contribution < -0.4 is 4.90 Å². The van der Waals surface area contributed by atoms with Crippen molar-refractivity contribution in [3.05, 3.63) is 118 Å². The minimum absolute atomic E-state index is 0. The van der Waals surface area contributed by atoms with Gasteiger partial charge in [0.1, 0.15) is 10.7 Å². The van der Waals surface area contributed by atoms with Crippen LogP contribution in [0.5, 0.6) is 0 Å². The van der Waals surface area contributed by atoms with Gasteiger partial charge < -0.3 is 14.9 Å². The Morgan fingerprint density at radius 2 is 1.46 bits per heavy atom. The number of rotatable bonds is 21. The predicted octanol–water partition coefficient (Wildman–Crippen LogP) is 7.57. The summed E-state index contributed by atoms with van der Waals surface area (Å²) in [5.41, 5.74) is 3.36. The number of amidine groups is 1. The molecule has 376 valence electrons. The summed E-state index contributed by atoms with van der Waals surface area (Å²) in [6.07, 6.45) is 13.9. The SMILES string of the molecule is CC1(C)C(=CC=C(C=CC2N(CCCCS(=O)(=O)O)c3ccc4c(S(=O)(=O)O)cc(S(=O)(=O)O)cc4c3C2(C)C)c2cccc(CCCCC(=O)O)c2)N=C2C1=CC(Cl)=CN2CCCCS(=O)(=O)O.[NaH]. The molecule has 0 aliphatic carbocycles. The number of carboxylic acid groups (broad SMARTS) is 1. The summed E-state index contributed by atoms with van der Waals surface area (Å²) in [6.45, 7) is 8.34. The molecule has 0 fully saturated rings. The van der Waals surface area contributed by atoms with Crippen LogP contribution in [0.4, 0.5) is 5.69 Å². The van der Waals surface area contributed by atoms with E-state index in [1.165, 1.54) is 6.07 Å². The zero-order chi connectivity index (χ0) is 50.9. The Morgan fingerprint density at radius 3 is 2.07 bits per heavy atom. The van der Waals surface area contributed by atoms with Gasteiger partial charge in [-0.1, -0.05) is 87.9 Å². The second kappa shape index (κ2) is 22.2. The van der Waals surface area contributed by atoms with E-state index in [4.69, 9.17) is 16.6 Å². The minimum atomic E-state index is -5.01. The number of halogens is 1. The average Bonchev–Trinajstić information content (AvgIpc) is 3.61. The summed E-state index contributed by atoms with van der Waals surface area (Å²) >= 11 is 6.61. The topological polar surface area (TPSA) is 274 Å². The normalized spacial score (nSPS) is 18.7. The summed E-state index contributed by atoms with van der Waals surface area (Å²) in [4.78, 5) is 18.6. The summed E-state index contributed by atoms with van der Waals surface area (Å²) < 4.78 is 136. The first kappa shape index (κ1) is 57.2. The van der Waals surface area contributed by atoms with Gasteiger partial charge in [0.2, 0.25) is 0 Å². The van der Waals surface area contributed by atoms with Crippen LogP contribution in [0.1, 0.15) is 89.3 Å². The fourth-order valence-corrected chi connectivity index (χ4v) is 11.9. The first-order valence-corrected chi connectivity index (χ1v) is 28.6. The summed E-state index contributed by atoms with van der Waals surface area (Å²) in [5.74, 6) is -1.13. The number of nitrogens with zero attached hydrogens (tertiary/aromatic N) is 3. The van der Waals surface area contributed by atoms with E-state index in [-0.39, 0.29) is 78.3 Å². The van der Waals surface area contributed by atoms with Crippen molar-refractivity contribution >= 4 is 115 Å². The van der Waals surface area contributed by atoms with Gasteiger partial charge in [0.15, 0.2) is 0 Å². The number of carboxylic acids is 1. The predicted molar refractivity (Wildman–Crippen MR) is 273 cm³/mol. The molecule has 0 spiro atoms. The van der Waals surface area contributed by atoms with Gasteiger partial charge in [-0.25, -0.2) is 4.99 Å². The quantitative estimate of drug-likeness (QED) is 0.0298. The second-order valence-corrected chi connectivity index (χ2v) is 24.8. The van der Waals surface area contributed by atoms with Crippen molar-refractivity contribution in [2.45, 2.75) is 100 Å². The molecule has 70 heavy (non-hydrogen) atoms. The van der Waals surface area contributed by atoms with Crippen LogP contribution in [0.25, 0.3) is 16.3 Å². The van der Waals surface area contributed by atoms with Crippen molar-refractivity contribution in [1.29, 1.82) is 0 Å². The molecule has 5 N–H and O–H groups in total. The summed E-state index contributed by atoms with van der Waals surface area (Å²) in [6, 6.07) is 12.1. The van der Waals surface area contributed by atoms with Crippen LogP contribution in [0.3, 0.4) is 0 Å². The fourth-order valence-electron chi connectivity index (χ4n) is 9.19. The number of carbonyl (C=O) groups is 1. The molecule has 0 bridgehead atoms. The number of allylic oxidation sites excluding steroid dienone is 7. The third-order valence-electron chi connectivity index (χ3n) is 12.6. The number of unbranched alkanes of at least 4 members (excludes halogenated alkanes) is 3. The molecule has 3 heterocycles. The van der Waals surface area contributed by atoms with Crippen molar-refractivity contribution in [2.75, 3.05) is 29.5 Å². The number of hydrogen-bond acceptors (Lipinski definition) is 12. The van der Waals surface area contributed by atoms with Crippen LogP contribution in [-0.4, -0.2) is 134 Å². The van der Waals surface area contributed by atoms with Gasteiger partial charge in [0.05, 0.1) is 33.2 Å². The van der Waals surface area contributed by atoms with E-state index in [1.807, 2.05) is 92.1 Å². The molecule has 3 aliphatic rings. The fraction of sp³-hybridized carbons (Fsp3) is 0.404. The molecule has 3 aromatic carbocycles. The Kier molecular flexibility index (Phi) is 18.1. The van der Waals surface area contributed by atoms with Gasteiger partial charge in [-0.3, -0.25) is 23.0 Å². The standard InChI is InChI=1S/C47H56ClN3O14S4.Na.H/c1-46(2)38-27-34(48)30-50(22-7-9-24-66(54,55)56)45(38)49-41(46)20-16-32(33-14-11-13-31(26-33)12-5-6-15-43(52)53)17-21-42-47(3,4)44-37-28-35(68(60,61)62)29-40(69(63,64)65)36(37)18-19-39(44)51(42)23-8-10-25-67(57,58)59;;/h11,13-14,16-21,26-30,42H,5-10,12,15,22-25H2,1-4H3,(H,52,53)(H,54,55,56)(H,57,58,59)(H,60,61,62)(H,63,64,65);;. The van der Waals surface area contributed by atoms with Crippen LogP contribution in [0.15, 0.2) is 116 Å². The van der Waals surface area contributed by atoms with Crippen molar-refractivity contribution in [3.8, 4) is 0 Å². The number of hydrogen-bond donors (Lipinski definition) is 5. The van der Waals surface area contributed by atoms with Gasteiger partial charge in [-0.05, 0) is 103 Å². The van der Waals surface area contributed by atoms with Crippen LogP contribution in [-0.2, 0) is 57.1 Å².